The minimum Gasteiger partial charge on any atom is -0.497 e. The minimum absolute atomic E-state index is 0.0473. The summed E-state index contributed by atoms with van der Waals surface area (Å²) in [6.45, 7) is 5.21. The number of nitrogens with one attached hydrogen (secondary N) is 1. The molecule has 5 heteroatoms. The minimum atomic E-state index is -0.0473. The lowest BCUT2D eigenvalue weighted by Gasteiger charge is -2.11. The number of rotatable bonds is 7. The number of hydrogen-bond donors (Lipinski definition) is 1. The molecule has 0 fully saturated rings. The molecule has 0 spiro atoms. The molecular weight excluding hydrogens is 292 g/mol. The second-order valence-electron chi connectivity index (χ2n) is 5.42. The van der Waals surface area contributed by atoms with Crippen LogP contribution in [0, 0.1) is 13.8 Å². The zero-order valence-electron chi connectivity index (χ0n) is 14.2. The van der Waals surface area contributed by atoms with Gasteiger partial charge in [0.2, 0.25) is 0 Å². The first-order chi connectivity index (χ1) is 11.1. The fourth-order valence-corrected chi connectivity index (χ4v) is 2.63. The largest absolute Gasteiger partial charge is 0.497 e. The van der Waals surface area contributed by atoms with Crippen LogP contribution in [0.2, 0.25) is 0 Å². The summed E-state index contributed by atoms with van der Waals surface area (Å²) in [5.74, 6) is 0.765. The Bertz CT molecular complexity index is 660. The van der Waals surface area contributed by atoms with Crippen molar-refractivity contribution in [2.45, 2.75) is 20.3 Å². The Kier molecular flexibility index (Phi) is 5.82. The maximum absolute atomic E-state index is 12.3. The van der Waals surface area contributed by atoms with Gasteiger partial charge in [-0.3, -0.25) is 4.79 Å². The van der Waals surface area contributed by atoms with Gasteiger partial charge in [-0.1, -0.05) is 0 Å². The third-order valence-electron chi connectivity index (χ3n) is 3.82. The van der Waals surface area contributed by atoms with E-state index in [-0.39, 0.29) is 5.91 Å². The summed E-state index contributed by atoms with van der Waals surface area (Å²) in [5, 5.41) is 2.93. The normalized spacial score (nSPS) is 10.6. The molecule has 1 amide bonds. The summed E-state index contributed by atoms with van der Waals surface area (Å²) >= 11 is 0. The predicted octanol–water partition coefficient (Wildman–Crippen LogP) is 2.87. The Morgan fingerprint density at radius 2 is 1.87 bits per heavy atom. The molecule has 124 valence electrons. The molecule has 0 bridgehead atoms. The molecule has 0 unspecified atom stereocenters. The quantitative estimate of drug-likeness (QED) is 0.799. The highest BCUT2D eigenvalue weighted by Gasteiger charge is 2.16. The lowest BCUT2D eigenvalue weighted by molar-refractivity contribution is 0.0948. The van der Waals surface area contributed by atoms with E-state index in [9.17, 15) is 4.79 Å². The van der Waals surface area contributed by atoms with E-state index in [0.29, 0.717) is 18.7 Å². The number of aryl methyl sites for hydroxylation is 1. The summed E-state index contributed by atoms with van der Waals surface area (Å²) < 4.78 is 12.2. The van der Waals surface area contributed by atoms with Crippen molar-refractivity contribution in [1.82, 2.24) is 9.88 Å². The second-order valence-corrected chi connectivity index (χ2v) is 5.42. The molecule has 5 nitrogen and oxygen atoms in total. The molecule has 0 aliphatic heterocycles. The fourth-order valence-electron chi connectivity index (χ4n) is 2.63. The van der Waals surface area contributed by atoms with Crippen molar-refractivity contribution in [3.63, 3.8) is 0 Å². The molecule has 1 N–H and O–H groups in total. The first kappa shape index (κ1) is 17.1. The van der Waals surface area contributed by atoms with E-state index < -0.39 is 0 Å². The Morgan fingerprint density at radius 1 is 1.17 bits per heavy atom. The highest BCUT2D eigenvalue weighted by Crippen LogP contribution is 2.22. The van der Waals surface area contributed by atoms with Crippen LogP contribution in [0.15, 0.2) is 30.3 Å². The van der Waals surface area contributed by atoms with Crippen LogP contribution in [-0.4, -0.2) is 37.8 Å². The number of nitrogens with zero attached hydrogens (tertiary/aromatic N) is 1. The lowest BCUT2D eigenvalue weighted by Crippen LogP contribution is -2.25. The van der Waals surface area contributed by atoms with E-state index in [1.165, 1.54) is 0 Å². The zero-order chi connectivity index (χ0) is 16.8. The summed E-state index contributed by atoms with van der Waals surface area (Å²) in [4.78, 5) is 12.3. The predicted molar refractivity (Wildman–Crippen MR) is 90.6 cm³/mol. The first-order valence-electron chi connectivity index (χ1n) is 7.69. The van der Waals surface area contributed by atoms with Crippen molar-refractivity contribution in [3.8, 4) is 11.4 Å². The lowest BCUT2D eigenvalue weighted by atomic mass is 10.2. The number of aromatic nitrogens is 1. The van der Waals surface area contributed by atoms with Gasteiger partial charge in [0, 0.05) is 37.3 Å². The Labute approximate surface area is 137 Å². The van der Waals surface area contributed by atoms with Crippen molar-refractivity contribution in [2.75, 3.05) is 27.4 Å². The smallest absolute Gasteiger partial charge is 0.253 e. The summed E-state index contributed by atoms with van der Waals surface area (Å²) in [7, 11) is 3.30. The van der Waals surface area contributed by atoms with E-state index in [2.05, 4.69) is 9.88 Å². The van der Waals surface area contributed by atoms with Gasteiger partial charge in [0.25, 0.3) is 5.91 Å². The number of carbonyl (C=O) groups excluding carboxylic acids is 1. The third kappa shape index (κ3) is 3.93. The highest BCUT2D eigenvalue weighted by molar-refractivity contribution is 5.95. The fraction of sp³-hybridized carbons (Fsp3) is 0.389. The Morgan fingerprint density at radius 3 is 2.48 bits per heavy atom. The van der Waals surface area contributed by atoms with Crippen molar-refractivity contribution in [1.29, 1.82) is 0 Å². The van der Waals surface area contributed by atoms with E-state index in [1.54, 1.807) is 14.2 Å². The van der Waals surface area contributed by atoms with Crippen molar-refractivity contribution < 1.29 is 14.3 Å². The van der Waals surface area contributed by atoms with Crippen LogP contribution < -0.4 is 10.1 Å². The molecule has 1 heterocycles. The van der Waals surface area contributed by atoms with Gasteiger partial charge in [-0.05, 0) is 50.6 Å². The number of amides is 1. The average Bonchev–Trinajstić information content (AvgIpc) is 2.86. The van der Waals surface area contributed by atoms with Gasteiger partial charge in [0.15, 0.2) is 0 Å². The van der Waals surface area contributed by atoms with Crippen LogP contribution in [0.1, 0.15) is 28.2 Å². The summed E-state index contributed by atoms with van der Waals surface area (Å²) in [6, 6.07) is 9.72. The summed E-state index contributed by atoms with van der Waals surface area (Å²) in [6.07, 6.45) is 0.805. The Balaban J connectivity index is 2.19. The van der Waals surface area contributed by atoms with E-state index in [0.717, 1.165) is 29.2 Å². The summed E-state index contributed by atoms with van der Waals surface area (Å²) in [5.41, 5.74) is 3.67. The number of methoxy groups -OCH3 is 2. The SMILES string of the molecule is COCCCNC(=O)c1cc(C)n(-c2ccc(OC)cc2)c1C. The van der Waals surface area contributed by atoms with Crippen LogP contribution in [-0.2, 0) is 4.74 Å². The standard InChI is InChI=1S/C18H24N2O3/c1-13-12-17(18(21)19-10-5-11-22-3)14(2)20(13)15-6-8-16(23-4)9-7-15/h6-9,12H,5,10-11H2,1-4H3,(H,19,21). The molecule has 1 aromatic heterocycles. The Hall–Kier alpha value is -2.27. The van der Waals surface area contributed by atoms with Crippen LogP contribution in [0.3, 0.4) is 0 Å². The van der Waals surface area contributed by atoms with E-state index in [1.807, 2.05) is 44.2 Å². The molecule has 1 aromatic carbocycles. The van der Waals surface area contributed by atoms with Gasteiger partial charge in [-0.2, -0.15) is 0 Å². The highest BCUT2D eigenvalue weighted by atomic mass is 16.5. The zero-order valence-corrected chi connectivity index (χ0v) is 14.2. The third-order valence-corrected chi connectivity index (χ3v) is 3.82. The molecule has 0 saturated carbocycles. The van der Waals surface area contributed by atoms with Gasteiger partial charge in [-0.15, -0.1) is 0 Å². The van der Waals surface area contributed by atoms with Crippen LogP contribution in [0.4, 0.5) is 0 Å². The molecule has 0 radical (unpaired) electrons. The van der Waals surface area contributed by atoms with E-state index >= 15 is 0 Å². The number of carbonyl (C=O) groups is 1. The monoisotopic (exact) mass is 316 g/mol. The molecule has 2 rings (SSSR count). The molecule has 2 aromatic rings. The number of hydrogen-bond acceptors (Lipinski definition) is 3. The van der Waals surface area contributed by atoms with Crippen LogP contribution >= 0.6 is 0 Å². The topological polar surface area (TPSA) is 52.5 Å². The maximum atomic E-state index is 12.3. The van der Waals surface area contributed by atoms with Crippen molar-refractivity contribution >= 4 is 5.91 Å². The van der Waals surface area contributed by atoms with Gasteiger partial charge < -0.3 is 19.4 Å². The maximum Gasteiger partial charge on any atom is 0.253 e. The average molecular weight is 316 g/mol. The number of ether oxygens (including phenoxy) is 2. The molecule has 23 heavy (non-hydrogen) atoms. The van der Waals surface area contributed by atoms with Crippen LogP contribution in [0.25, 0.3) is 5.69 Å². The van der Waals surface area contributed by atoms with Gasteiger partial charge in [0.1, 0.15) is 5.75 Å². The van der Waals surface area contributed by atoms with Crippen LogP contribution in [0.5, 0.6) is 5.75 Å². The van der Waals surface area contributed by atoms with E-state index in [4.69, 9.17) is 9.47 Å². The molecule has 0 atom stereocenters. The van der Waals surface area contributed by atoms with Gasteiger partial charge in [-0.25, -0.2) is 0 Å². The molecule has 0 saturated heterocycles. The van der Waals surface area contributed by atoms with Gasteiger partial charge in [0.05, 0.1) is 12.7 Å². The second kappa shape index (κ2) is 7.83. The van der Waals surface area contributed by atoms with Gasteiger partial charge >= 0.3 is 0 Å². The molecular formula is C18H24N2O3. The first-order valence-corrected chi connectivity index (χ1v) is 7.69. The molecule has 0 aliphatic carbocycles. The van der Waals surface area contributed by atoms with Crippen molar-refractivity contribution in [2.24, 2.45) is 0 Å². The molecule has 0 aliphatic rings. The number of benzene rings is 1. The van der Waals surface area contributed by atoms with Crippen molar-refractivity contribution in [3.05, 3.63) is 47.3 Å².